The van der Waals surface area contributed by atoms with Crippen LogP contribution in [0, 0.1) is 0 Å². The van der Waals surface area contributed by atoms with Gasteiger partial charge in [-0.25, -0.2) is 4.79 Å². The molecule has 1 aliphatic carbocycles. The molecule has 0 fully saturated rings. The molecule has 2 aromatic heterocycles. The van der Waals surface area contributed by atoms with E-state index in [0.29, 0.717) is 19.6 Å². The van der Waals surface area contributed by atoms with Gasteiger partial charge in [0.15, 0.2) is 6.10 Å². The number of hydrogen-bond acceptors (Lipinski definition) is 5. The molecular formula is C25H24N2O4. The molecule has 31 heavy (non-hydrogen) atoms. The Hall–Kier alpha value is -3.51. The van der Waals surface area contributed by atoms with Crippen molar-refractivity contribution in [2.75, 3.05) is 13.2 Å². The molecule has 0 aliphatic heterocycles. The summed E-state index contributed by atoms with van der Waals surface area (Å²) in [6.07, 6.45) is 7.87. The number of hydrogen-bond donors (Lipinski definition) is 1. The highest BCUT2D eigenvalue weighted by Gasteiger charge is 2.24. The Morgan fingerprint density at radius 2 is 1.94 bits per heavy atom. The summed E-state index contributed by atoms with van der Waals surface area (Å²) in [4.78, 5) is 20.1. The van der Waals surface area contributed by atoms with Gasteiger partial charge in [-0.05, 0) is 42.3 Å². The molecule has 1 N–H and O–H groups in total. The van der Waals surface area contributed by atoms with Crippen molar-refractivity contribution in [2.45, 2.75) is 25.9 Å². The smallest absolute Gasteiger partial charge is 0.333 e. The van der Waals surface area contributed by atoms with Crippen LogP contribution in [0.2, 0.25) is 0 Å². The first-order chi connectivity index (χ1) is 15.2. The van der Waals surface area contributed by atoms with Gasteiger partial charge in [-0.2, -0.15) is 0 Å². The highest BCUT2D eigenvalue weighted by Crippen LogP contribution is 2.42. The zero-order valence-corrected chi connectivity index (χ0v) is 17.3. The largest absolute Gasteiger partial charge is 0.493 e. The second kappa shape index (κ2) is 9.53. The van der Waals surface area contributed by atoms with Crippen LogP contribution >= 0.6 is 0 Å². The van der Waals surface area contributed by atoms with Gasteiger partial charge >= 0.3 is 5.97 Å². The predicted octanol–water partition coefficient (Wildman–Crippen LogP) is 4.39. The summed E-state index contributed by atoms with van der Waals surface area (Å²) in [6.45, 7) is 2.68. The van der Waals surface area contributed by atoms with E-state index < -0.39 is 12.1 Å². The summed E-state index contributed by atoms with van der Waals surface area (Å²) in [6, 6.07) is 13.5. The molecule has 2 heterocycles. The number of benzene rings is 1. The third kappa shape index (κ3) is 4.64. The SMILES string of the molecule is CCOC(Cc1ccc(OCCC=C2c3cnccc3-c3cccnc32)cc1)C(=O)O. The van der Waals surface area contributed by atoms with Crippen LogP contribution in [0.1, 0.15) is 30.2 Å². The van der Waals surface area contributed by atoms with Crippen molar-refractivity contribution < 1.29 is 19.4 Å². The van der Waals surface area contributed by atoms with Crippen molar-refractivity contribution in [1.82, 2.24) is 9.97 Å². The topological polar surface area (TPSA) is 81.5 Å². The Morgan fingerprint density at radius 1 is 1.10 bits per heavy atom. The van der Waals surface area contributed by atoms with Gasteiger partial charge in [0.2, 0.25) is 0 Å². The van der Waals surface area contributed by atoms with E-state index in [0.717, 1.165) is 45.7 Å². The lowest BCUT2D eigenvalue weighted by atomic mass is 10.1. The Labute approximate surface area is 181 Å². The average Bonchev–Trinajstić information content (AvgIpc) is 3.11. The third-order valence-corrected chi connectivity index (χ3v) is 5.19. The molecule has 1 unspecified atom stereocenters. The lowest BCUT2D eigenvalue weighted by molar-refractivity contribution is -0.149. The summed E-state index contributed by atoms with van der Waals surface area (Å²) >= 11 is 0. The number of aromatic nitrogens is 2. The Bertz CT molecular complexity index is 1050. The number of carbonyl (C=O) groups is 1. The summed E-state index contributed by atoms with van der Waals surface area (Å²) in [7, 11) is 0. The normalized spacial score (nSPS) is 14.2. The van der Waals surface area contributed by atoms with Crippen molar-refractivity contribution in [3.8, 4) is 16.9 Å². The van der Waals surface area contributed by atoms with E-state index in [4.69, 9.17) is 9.47 Å². The summed E-state index contributed by atoms with van der Waals surface area (Å²) < 4.78 is 11.1. The fourth-order valence-electron chi connectivity index (χ4n) is 3.75. The number of nitrogens with zero attached hydrogens (tertiary/aromatic N) is 2. The lowest BCUT2D eigenvalue weighted by Crippen LogP contribution is -2.26. The molecule has 1 aliphatic rings. The highest BCUT2D eigenvalue weighted by molar-refractivity contribution is 5.99. The molecule has 0 amide bonds. The van der Waals surface area contributed by atoms with E-state index in [1.54, 1.807) is 13.1 Å². The van der Waals surface area contributed by atoms with E-state index in [-0.39, 0.29) is 0 Å². The third-order valence-electron chi connectivity index (χ3n) is 5.19. The number of carboxylic acid groups (broad SMARTS) is 1. The average molecular weight is 416 g/mol. The Kier molecular flexibility index (Phi) is 6.38. The first kappa shape index (κ1) is 20.8. The standard InChI is InChI=1S/C25H24N2O4/c1-2-30-23(25(28)29)15-17-7-9-18(10-8-17)31-14-4-6-21-22-16-26-13-11-19(22)20-5-3-12-27-24(20)21/h3,5-13,16,23H,2,4,14-15H2,1H3,(H,28,29). The van der Waals surface area contributed by atoms with Crippen LogP contribution in [0.15, 0.2) is 67.1 Å². The highest BCUT2D eigenvalue weighted by atomic mass is 16.5. The zero-order valence-electron chi connectivity index (χ0n) is 17.3. The van der Waals surface area contributed by atoms with Gasteiger partial charge in [-0.3, -0.25) is 9.97 Å². The maximum absolute atomic E-state index is 11.2. The van der Waals surface area contributed by atoms with Crippen molar-refractivity contribution >= 4 is 11.5 Å². The molecule has 0 spiro atoms. The van der Waals surface area contributed by atoms with Crippen molar-refractivity contribution in [2.24, 2.45) is 0 Å². The first-order valence-electron chi connectivity index (χ1n) is 10.3. The Morgan fingerprint density at radius 3 is 2.71 bits per heavy atom. The van der Waals surface area contributed by atoms with Gasteiger partial charge in [0.1, 0.15) is 5.75 Å². The number of pyridine rings is 2. The van der Waals surface area contributed by atoms with Crippen molar-refractivity contribution in [3.63, 3.8) is 0 Å². The number of ether oxygens (including phenoxy) is 2. The van der Waals surface area contributed by atoms with Gasteiger partial charge in [0.25, 0.3) is 0 Å². The molecule has 0 bridgehead atoms. The monoisotopic (exact) mass is 416 g/mol. The van der Waals surface area contributed by atoms with Crippen LogP contribution in [-0.2, 0) is 16.0 Å². The molecule has 4 rings (SSSR count). The van der Waals surface area contributed by atoms with Crippen molar-refractivity contribution in [1.29, 1.82) is 0 Å². The van der Waals surface area contributed by atoms with E-state index in [1.165, 1.54) is 0 Å². The van der Waals surface area contributed by atoms with E-state index in [1.807, 2.05) is 48.8 Å². The van der Waals surface area contributed by atoms with E-state index in [2.05, 4.69) is 22.1 Å². The fourth-order valence-corrected chi connectivity index (χ4v) is 3.75. The van der Waals surface area contributed by atoms with Crippen LogP contribution < -0.4 is 4.74 Å². The molecule has 1 aromatic carbocycles. The number of aliphatic carboxylic acids is 1. The van der Waals surface area contributed by atoms with Crippen LogP contribution in [0.3, 0.4) is 0 Å². The van der Waals surface area contributed by atoms with Gasteiger partial charge in [0.05, 0.1) is 12.3 Å². The van der Waals surface area contributed by atoms with Gasteiger partial charge < -0.3 is 14.6 Å². The quantitative estimate of drug-likeness (QED) is 0.408. The Balaban J connectivity index is 1.37. The minimum Gasteiger partial charge on any atom is -0.493 e. The maximum atomic E-state index is 11.2. The number of carboxylic acids is 1. The molecule has 0 radical (unpaired) electrons. The van der Waals surface area contributed by atoms with Gasteiger partial charge in [-0.1, -0.05) is 24.3 Å². The van der Waals surface area contributed by atoms with Crippen LogP contribution in [0.4, 0.5) is 0 Å². The van der Waals surface area contributed by atoms with E-state index >= 15 is 0 Å². The fraction of sp³-hybridized carbons (Fsp3) is 0.240. The first-order valence-corrected chi connectivity index (χ1v) is 10.3. The minimum absolute atomic E-state index is 0.329. The molecule has 0 saturated carbocycles. The number of rotatable bonds is 9. The number of fused-ring (bicyclic) bond motifs is 3. The van der Waals surface area contributed by atoms with Gasteiger partial charge in [0, 0.05) is 54.7 Å². The predicted molar refractivity (Wildman–Crippen MR) is 118 cm³/mol. The molecule has 1 atom stereocenters. The zero-order chi connectivity index (χ0) is 21.6. The van der Waals surface area contributed by atoms with Crippen LogP contribution in [0.5, 0.6) is 5.75 Å². The molecular weight excluding hydrogens is 392 g/mol. The molecule has 6 nitrogen and oxygen atoms in total. The summed E-state index contributed by atoms with van der Waals surface area (Å²) in [5.74, 6) is -0.201. The van der Waals surface area contributed by atoms with Crippen LogP contribution in [-0.4, -0.2) is 40.4 Å². The van der Waals surface area contributed by atoms with Crippen molar-refractivity contribution in [3.05, 3.63) is 84.0 Å². The minimum atomic E-state index is -0.949. The van der Waals surface area contributed by atoms with Crippen LogP contribution in [0.25, 0.3) is 16.7 Å². The second-order valence-corrected chi connectivity index (χ2v) is 7.21. The molecule has 6 heteroatoms. The summed E-state index contributed by atoms with van der Waals surface area (Å²) in [5.41, 5.74) is 6.36. The molecule has 0 saturated heterocycles. The maximum Gasteiger partial charge on any atom is 0.333 e. The summed E-state index contributed by atoms with van der Waals surface area (Å²) in [5, 5.41) is 9.21. The van der Waals surface area contributed by atoms with E-state index in [9.17, 15) is 9.90 Å². The molecule has 158 valence electrons. The van der Waals surface area contributed by atoms with Gasteiger partial charge in [-0.15, -0.1) is 0 Å². The second-order valence-electron chi connectivity index (χ2n) is 7.21. The lowest BCUT2D eigenvalue weighted by Gasteiger charge is -2.12. The molecule has 3 aromatic rings.